The van der Waals surface area contributed by atoms with Crippen LogP contribution in [0.1, 0.15) is 21.7 Å². The lowest BCUT2D eigenvalue weighted by Gasteiger charge is -2.10. The SMILES string of the molecule is Cc1cc(C(=O)NCCSc2ncn[nH]2)c(C)n1-c1ccccc1. The molecule has 0 aliphatic rings. The maximum Gasteiger partial charge on any atom is 0.253 e. The van der Waals surface area contributed by atoms with Gasteiger partial charge in [0.25, 0.3) is 5.91 Å². The minimum absolute atomic E-state index is 0.0524. The zero-order valence-corrected chi connectivity index (χ0v) is 14.4. The van der Waals surface area contributed by atoms with Gasteiger partial charge in [-0.1, -0.05) is 30.0 Å². The molecule has 6 nitrogen and oxygen atoms in total. The van der Waals surface area contributed by atoms with Crippen LogP contribution in [0.2, 0.25) is 0 Å². The summed E-state index contributed by atoms with van der Waals surface area (Å²) < 4.78 is 2.10. The molecule has 2 heterocycles. The number of nitrogens with one attached hydrogen (secondary N) is 2. The first-order chi connectivity index (χ1) is 11.7. The van der Waals surface area contributed by atoms with Gasteiger partial charge in [-0.25, -0.2) is 4.98 Å². The van der Waals surface area contributed by atoms with Crippen LogP contribution in [0, 0.1) is 13.8 Å². The van der Waals surface area contributed by atoms with E-state index in [1.807, 2.05) is 50.2 Å². The van der Waals surface area contributed by atoms with E-state index in [1.54, 1.807) is 0 Å². The summed E-state index contributed by atoms with van der Waals surface area (Å²) in [4.78, 5) is 16.5. The fourth-order valence-electron chi connectivity index (χ4n) is 2.64. The number of aromatic amines is 1. The molecule has 0 unspecified atom stereocenters. The van der Waals surface area contributed by atoms with Crippen molar-refractivity contribution in [2.45, 2.75) is 19.0 Å². The summed E-state index contributed by atoms with van der Waals surface area (Å²) in [5, 5.41) is 10.3. The first kappa shape index (κ1) is 16.3. The average molecular weight is 341 g/mol. The van der Waals surface area contributed by atoms with Crippen molar-refractivity contribution in [2.24, 2.45) is 0 Å². The van der Waals surface area contributed by atoms with Crippen LogP contribution in [0.25, 0.3) is 5.69 Å². The van der Waals surface area contributed by atoms with Crippen LogP contribution in [-0.2, 0) is 0 Å². The Bertz CT molecular complexity index is 811. The number of benzene rings is 1. The highest BCUT2D eigenvalue weighted by Crippen LogP contribution is 2.20. The number of para-hydroxylation sites is 1. The summed E-state index contributed by atoms with van der Waals surface area (Å²) in [5.74, 6) is 0.682. The highest BCUT2D eigenvalue weighted by molar-refractivity contribution is 7.99. The largest absolute Gasteiger partial charge is 0.351 e. The van der Waals surface area contributed by atoms with Crippen LogP contribution in [0.15, 0.2) is 47.9 Å². The molecule has 3 rings (SSSR count). The Hall–Kier alpha value is -2.54. The number of hydrogen-bond donors (Lipinski definition) is 2. The van der Waals surface area contributed by atoms with Gasteiger partial charge in [0.2, 0.25) is 0 Å². The van der Waals surface area contributed by atoms with Crippen molar-refractivity contribution >= 4 is 17.7 Å². The van der Waals surface area contributed by atoms with E-state index in [0.717, 1.165) is 28.0 Å². The van der Waals surface area contributed by atoms with Crippen LogP contribution in [0.5, 0.6) is 0 Å². The minimum Gasteiger partial charge on any atom is -0.351 e. The number of amides is 1. The Morgan fingerprint density at radius 1 is 1.29 bits per heavy atom. The summed E-state index contributed by atoms with van der Waals surface area (Å²) >= 11 is 1.52. The van der Waals surface area contributed by atoms with Gasteiger partial charge in [0.05, 0.1) is 5.56 Å². The smallest absolute Gasteiger partial charge is 0.253 e. The van der Waals surface area contributed by atoms with E-state index in [-0.39, 0.29) is 5.91 Å². The third-order valence-electron chi connectivity index (χ3n) is 3.71. The van der Waals surface area contributed by atoms with Gasteiger partial charge < -0.3 is 9.88 Å². The highest BCUT2D eigenvalue weighted by Gasteiger charge is 2.16. The van der Waals surface area contributed by atoms with Gasteiger partial charge in [0, 0.05) is 29.4 Å². The van der Waals surface area contributed by atoms with E-state index in [4.69, 9.17) is 0 Å². The minimum atomic E-state index is -0.0524. The number of hydrogen-bond acceptors (Lipinski definition) is 4. The van der Waals surface area contributed by atoms with Crippen LogP contribution in [0.4, 0.5) is 0 Å². The van der Waals surface area contributed by atoms with Crippen LogP contribution >= 0.6 is 11.8 Å². The second-order valence-corrected chi connectivity index (χ2v) is 6.43. The number of rotatable bonds is 6. The van der Waals surface area contributed by atoms with E-state index in [2.05, 4.69) is 25.1 Å². The van der Waals surface area contributed by atoms with Crippen molar-refractivity contribution in [1.82, 2.24) is 25.1 Å². The maximum atomic E-state index is 12.5. The lowest BCUT2D eigenvalue weighted by atomic mass is 10.2. The summed E-state index contributed by atoms with van der Waals surface area (Å²) in [7, 11) is 0. The van der Waals surface area contributed by atoms with Gasteiger partial charge in [0.1, 0.15) is 6.33 Å². The standard InChI is InChI=1S/C17H19N5OS/c1-12-10-15(13(2)22(12)14-6-4-3-5-7-14)16(23)18-8-9-24-17-19-11-20-21-17/h3-7,10-11H,8-9H2,1-2H3,(H,18,23)(H,19,20,21). The molecule has 1 aromatic carbocycles. The molecule has 1 amide bonds. The van der Waals surface area contributed by atoms with E-state index >= 15 is 0 Å². The van der Waals surface area contributed by atoms with E-state index in [1.165, 1.54) is 18.1 Å². The molecule has 0 fully saturated rings. The molecule has 0 radical (unpaired) electrons. The highest BCUT2D eigenvalue weighted by atomic mass is 32.2. The first-order valence-electron chi connectivity index (χ1n) is 7.67. The molecule has 0 saturated carbocycles. The topological polar surface area (TPSA) is 75.6 Å². The maximum absolute atomic E-state index is 12.5. The Morgan fingerprint density at radius 3 is 2.79 bits per heavy atom. The van der Waals surface area contributed by atoms with Gasteiger partial charge in [-0.15, -0.1) is 0 Å². The Balaban J connectivity index is 1.65. The number of aromatic nitrogens is 4. The molecular weight excluding hydrogens is 322 g/mol. The molecule has 0 bridgehead atoms. The van der Waals surface area contributed by atoms with Gasteiger partial charge in [-0.2, -0.15) is 5.10 Å². The number of carbonyl (C=O) groups excluding carboxylic acids is 1. The fourth-order valence-corrected chi connectivity index (χ4v) is 3.27. The number of carbonyl (C=O) groups is 1. The predicted molar refractivity (Wildman–Crippen MR) is 94.7 cm³/mol. The molecule has 124 valence electrons. The third-order valence-corrected chi connectivity index (χ3v) is 4.59. The molecule has 3 aromatic rings. The van der Waals surface area contributed by atoms with Gasteiger partial charge in [-0.05, 0) is 32.0 Å². The predicted octanol–water partition coefficient (Wildman–Crippen LogP) is 2.73. The van der Waals surface area contributed by atoms with Crippen molar-refractivity contribution < 1.29 is 4.79 Å². The number of H-pyrrole nitrogens is 1. The molecule has 2 N–H and O–H groups in total. The zero-order valence-electron chi connectivity index (χ0n) is 13.6. The van der Waals surface area contributed by atoms with E-state index in [0.29, 0.717) is 12.1 Å². The molecule has 2 aromatic heterocycles. The number of thioether (sulfide) groups is 1. The van der Waals surface area contributed by atoms with Crippen molar-refractivity contribution in [3.8, 4) is 5.69 Å². The van der Waals surface area contributed by atoms with Gasteiger partial charge >= 0.3 is 0 Å². The fraction of sp³-hybridized carbons (Fsp3) is 0.235. The summed E-state index contributed by atoms with van der Waals surface area (Å²) in [6.07, 6.45) is 1.47. The molecule has 7 heteroatoms. The monoisotopic (exact) mass is 341 g/mol. The summed E-state index contributed by atoms with van der Waals surface area (Å²) in [5.41, 5.74) is 3.76. The Morgan fingerprint density at radius 2 is 2.08 bits per heavy atom. The average Bonchev–Trinajstić information content (AvgIpc) is 3.20. The molecule has 0 aliphatic carbocycles. The Kier molecular flexibility index (Phi) is 5.00. The van der Waals surface area contributed by atoms with Gasteiger partial charge in [0.15, 0.2) is 5.16 Å². The van der Waals surface area contributed by atoms with Crippen LogP contribution < -0.4 is 5.32 Å². The van der Waals surface area contributed by atoms with Crippen molar-refractivity contribution in [3.05, 3.63) is 59.7 Å². The van der Waals surface area contributed by atoms with Crippen molar-refractivity contribution in [1.29, 1.82) is 0 Å². The van der Waals surface area contributed by atoms with Crippen molar-refractivity contribution in [2.75, 3.05) is 12.3 Å². The molecule has 0 spiro atoms. The summed E-state index contributed by atoms with van der Waals surface area (Å²) in [6, 6.07) is 12.0. The van der Waals surface area contributed by atoms with Gasteiger partial charge in [-0.3, -0.25) is 9.89 Å². The lowest BCUT2D eigenvalue weighted by molar-refractivity contribution is 0.0955. The molecule has 0 aliphatic heterocycles. The second kappa shape index (κ2) is 7.35. The quantitative estimate of drug-likeness (QED) is 0.534. The van der Waals surface area contributed by atoms with Crippen LogP contribution in [0.3, 0.4) is 0 Å². The first-order valence-corrected chi connectivity index (χ1v) is 8.66. The summed E-state index contributed by atoms with van der Waals surface area (Å²) in [6.45, 7) is 4.55. The van der Waals surface area contributed by atoms with E-state index < -0.39 is 0 Å². The number of nitrogens with zero attached hydrogens (tertiary/aromatic N) is 3. The Labute approximate surface area is 144 Å². The molecule has 0 saturated heterocycles. The normalized spacial score (nSPS) is 10.8. The molecule has 0 atom stereocenters. The second-order valence-electron chi connectivity index (χ2n) is 5.35. The third kappa shape index (κ3) is 3.51. The number of aryl methyl sites for hydroxylation is 1. The van der Waals surface area contributed by atoms with Crippen LogP contribution in [-0.4, -0.2) is 38.0 Å². The molecule has 24 heavy (non-hydrogen) atoms. The lowest BCUT2D eigenvalue weighted by Crippen LogP contribution is -2.26. The zero-order chi connectivity index (χ0) is 16.9. The van der Waals surface area contributed by atoms with E-state index in [9.17, 15) is 4.79 Å². The van der Waals surface area contributed by atoms with Crippen molar-refractivity contribution in [3.63, 3.8) is 0 Å². The molecular formula is C17H19N5OS.